The largest absolute Gasteiger partial charge is 0.490 e. The number of hydrogen-bond donors (Lipinski definition) is 1. The lowest BCUT2D eigenvalue weighted by Gasteiger charge is -2.35. The fourth-order valence-electron chi connectivity index (χ4n) is 3.57. The molecule has 0 aliphatic carbocycles. The molecular weight excluding hydrogens is 338 g/mol. The van der Waals surface area contributed by atoms with Crippen LogP contribution in [-0.4, -0.2) is 32.1 Å². The van der Waals surface area contributed by atoms with E-state index in [-0.39, 0.29) is 5.91 Å². The van der Waals surface area contributed by atoms with Gasteiger partial charge >= 0.3 is 0 Å². The summed E-state index contributed by atoms with van der Waals surface area (Å²) in [5.74, 6) is 0.839. The van der Waals surface area contributed by atoms with Crippen LogP contribution in [0.3, 0.4) is 0 Å². The molecule has 2 aromatic rings. The first-order valence-electron chi connectivity index (χ1n) is 8.48. The maximum atomic E-state index is 13.0. The van der Waals surface area contributed by atoms with E-state index in [1.54, 1.807) is 6.07 Å². The first-order chi connectivity index (χ1) is 12.1. The summed E-state index contributed by atoms with van der Waals surface area (Å²) in [7, 11) is 0. The Kier molecular flexibility index (Phi) is 4.17. The highest BCUT2D eigenvalue weighted by Gasteiger charge is 2.27. The van der Waals surface area contributed by atoms with Crippen LogP contribution in [0.15, 0.2) is 36.4 Å². The zero-order chi connectivity index (χ0) is 17.4. The number of ether oxygens (including phenoxy) is 1. The molecule has 25 heavy (non-hydrogen) atoms. The van der Waals surface area contributed by atoms with Gasteiger partial charge in [0.15, 0.2) is 0 Å². The Balaban J connectivity index is 1.59. The number of fused-ring (bicyclic) bond motifs is 2. The zero-order valence-corrected chi connectivity index (χ0v) is 14.6. The van der Waals surface area contributed by atoms with E-state index in [0.717, 1.165) is 47.8 Å². The van der Waals surface area contributed by atoms with E-state index in [1.165, 1.54) is 0 Å². The lowest BCUT2D eigenvalue weighted by atomic mass is 10.00. The van der Waals surface area contributed by atoms with Crippen molar-refractivity contribution in [2.45, 2.75) is 12.8 Å². The molecule has 0 saturated heterocycles. The topological polar surface area (TPSA) is 58.8 Å². The minimum Gasteiger partial charge on any atom is -0.490 e. The van der Waals surface area contributed by atoms with Crippen molar-refractivity contribution in [2.24, 2.45) is 0 Å². The summed E-state index contributed by atoms with van der Waals surface area (Å²) in [6, 6.07) is 11.3. The quantitative estimate of drug-likeness (QED) is 0.839. The van der Waals surface area contributed by atoms with Crippen LogP contribution in [0.1, 0.15) is 12.0 Å². The molecule has 0 radical (unpaired) electrons. The SMILES string of the molecule is Nc1cccc2c1CCCN2C(=O)CN1CCOc2ccc(Cl)cc21. The van der Waals surface area contributed by atoms with Gasteiger partial charge in [-0.3, -0.25) is 4.79 Å². The van der Waals surface area contributed by atoms with E-state index in [9.17, 15) is 4.79 Å². The monoisotopic (exact) mass is 357 g/mol. The Labute approximate surface area is 151 Å². The van der Waals surface area contributed by atoms with Crippen LogP contribution in [0.4, 0.5) is 17.1 Å². The van der Waals surface area contributed by atoms with Crippen LogP contribution in [-0.2, 0) is 11.2 Å². The lowest BCUT2D eigenvalue weighted by Crippen LogP contribution is -2.45. The van der Waals surface area contributed by atoms with Crippen molar-refractivity contribution >= 4 is 34.6 Å². The van der Waals surface area contributed by atoms with Gasteiger partial charge in [-0.25, -0.2) is 0 Å². The van der Waals surface area contributed by atoms with Gasteiger partial charge in [0, 0.05) is 22.9 Å². The third-order valence-electron chi connectivity index (χ3n) is 4.79. The number of carbonyl (C=O) groups is 1. The highest BCUT2D eigenvalue weighted by atomic mass is 35.5. The molecule has 0 saturated carbocycles. The second-order valence-electron chi connectivity index (χ2n) is 6.38. The van der Waals surface area contributed by atoms with Crippen molar-refractivity contribution < 1.29 is 9.53 Å². The van der Waals surface area contributed by atoms with Crippen molar-refractivity contribution in [3.63, 3.8) is 0 Å². The normalized spacial score (nSPS) is 16.0. The van der Waals surface area contributed by atoms with E-state index in [1.807, 2.05) is 40.1 Å². The van der Waals surface area contributed by atoms with Crippen LogP contribution in [0, 0.1) is 0 Å². The third kappa shape index (κ3) is 3.00. The van der Waals surface area contributed by atoms with Crippen molar-refractivity contribution in [2.75, 3.05) is 41.8 Å². The number of anilines is 3. The highest BCUT2D eigenvalue weighted by molar-refractivity contribution is 6.31. The minimum absolute atomic E-state index is 0.0689. The van der Waals surface area contributed by atoms with Gasteiger partial charge in [-0.15, -0.1) is 0 Å². The van der Waals surface area contributed by atoms with Gasteiger partial charge in [-0.05, 0) is 48.7 Å². The van der Waals surface area contributed by atoms with Crippen LogP contribution in [0.25, 0.3) is 0 Å². The summed E-state index contributed by atoms with van der Waals surface area (Å²) in [4.78, 5) is 16.9. The van der Waals surface area contributed by atoms with Gasteiger partial charge in [0.1, 0.15) is 12.4 Å². The number of halogens is 1. The van der Waals surface area contributed by atoms with E-state index in [4.69, 9.17) is 22.1 Å². The first kappa shape index (κ1) is 16.1. The highest BCUT2D eigenvalue weighted by Crippen LogP contribution is 2.35. The fraction of sp³-hybridized carbons (Fsp3) is 0.316. The second kappa shape index (κ2) is 6.48. The molecule has 4 rings (SSSR count). The maximum absolute atomic E-state index is 13.0. The molecule has 2 heterocycles. The Morgan fingerprint density at radius 3 is 2.96 bits per heavy atom. The van der Waals surface area contributed by atoms with E-state index in [2.05, 4.69) is 0 Å². The van der Waals surface area contributed by atoms with Crippen LogP contribution in [0.2, 0.25) is 5.02 Å². The van der Waals surface area contributed by atoms with Crippen LogP contribution < -0.4 is 20.3 Å². The Hall–Kier alpha value is -2.40. The summed E-state index contributed by atoms with van der Waals surface area (Å²) in [6.07, 6.45) is 1.85. The van der Waals surface area contributed by atoms with Crippen molar-refractivity contribution in [3.8, 4) is 5.75 Å². The molecule has 0 fully saturated rings. The smallest absolute Gasteiger partial charge is 0.246 e. The standard InChI is InChI=1S/C19H20ClN3O2/c20-13-6-7-18-17(11-13)22(9-10-25-18)12-19(24)23-8-2-3-14-15(21)4-1-5-16(14)23/h1,4-7,11H,2-3,8-10,12,21H2. The molecule has 0 spiro atoms. The second-order valence-corrected chi connectivity index (χ2v) is 6.81. The Morgan fingerprint density at radius 2 is 2.08 bits per heavy atom. The minimum atomic E-state index is 0.0689. The molecule has 2 aliphatic rings. The number of benzene rings is 2. The molecule has 2 aliphatic heterocycles. The van der Waals surface area contributed by atoms with Crippen LogP contribution in [0.5, 0.6) is 5.75 Å². The van der Waals surface area contributed by atoms with Crippen molar-refractivity contribution in [3.05, 3.63) is 47.0 Å². The van der Waals surface area contributed by atoms with Crippen LogP contribution >= 0.6 is 11.6 Å². The number of rotatable bonds is 2. The van der Waals surface area contributed by atoms with E-state index in [0.29, 0.717) is 24.7 Å². The van der Waals surface area contributed by atoms with Gasteiger partial charge in [-0.2, -0.15) is 0 Å². The van der Waals surface area contributed by atoms with E-state index >= 15 is 0 Å². The molecule has 0 atom stereocenters. The molecule has 1 amide bonds. The number of amides is 1. The Bertz CT molecular complexity index is 824. The summed E-state index contributed by atoms with van der Waals surface area (Å²) in [5, 5.41) is 0.637. The van der Waals surface area contributed by atoms with Gasteiger partial charge in [0.2, 0.25) is 5.91 Å². The molecule has 0 unspecified atom stereocenters. The lowest BCUT2D eigenvalue weighted by molar-refractivity contribution is -0.117. The third-order valence-corrected chi connectivity index (χ3v) is 5.03. The fourth-order valence-corrected chi connectivity index (χ4v) is 3.74. The van der Waals surface area contributed by atoms with E-state index < -0.39 is 0 Å². The van der Waals surface area contributed by atoms with Gasteiger partial charge in [-0.1, -0.05) is 17.7 Å². The summed E-state index contributed by atoms with van der Waals surface area (Å²) < 4.78 is 5.67. The number of nitrogen functional groups attached to an aromatic ring is 1. The number of nitrogens with zero attached hydrogens (tertiary/aromatic N) is 2. The molecule has 2 aromatic carbocycles. The average molecular weight is 358 g/mol. The molecule has 0 aromatic heterocycles. The van der Waals surface area contributed by atoms with Crippen molar-refractivity contribution in [1.82, 2.24) is 0 Å². The molecule has 130 valence electrons. The molecule has 6 heteroatoms. The molecular formula is C19H20ClN3O2. The number of hydrogen-bond acceptors (Lipinski definition) is 4. The van der Waals surface area contributed by atoms with Gasteiger partial charge in [0.05, 0.1) is 18.8 Å². The molecule has 5 nitrogen and oxygen atoms in total. The van der Waals surface area contributed by atoms with Gasteiger partial charge in [0.25, 0.3) is 0 Å². The number of carbonyl (C=O) groups excluding carboxylic acids is 1. The summed E-state index contributed by atoms with van der Waals surface area (Å²) in [5.41, 5.74) is 9.74. The summed E-state index contributed by atoms with van der Waals surface area (Å²) in [6.45, 7) is 2.25. The molecule has 2 N–H and O–H groups in total. The Morgan fingerprint density at radius 1 is 1.20 bits per heavy atom. The predicted molar refractivity (Wildman–Crippen MR) is 101 cm³/mol. The first-order valence-corrected chi connectivity index (χ1v) is 8.86. The summed E-state index contributed by atoms with van der Waals surface area (Å²) >= 11 is 6.12. The molecule has 0 bridgehead atoms. The van der Waals surface area contributed by atoms with Crippen molar-refractivity contribution in [1.29, 1.82) is 0 Å². The maximum Gasteiger partial charge on any atom is 0.246 e. The average Bonchev–Trinajstić information content (AvgIpc) is 2.62. The zero-order valence-electron chi connectivity index (χ0n) is 13.9. The predicted octanol–water partition coefficient (Wildman–Crippen LogP) is 3.10. The number of nitrogens with two attached hydrogens (primary N) is 1. The van der Waals surface area contributed by atoms with Gasteiger partial charge < -0.3 is 20.3 Å².